The van der Waals surface area contributed by atoms with Gasteiger partial charge in [0.25, 0.3) is 5.91 Å². The van der Waals surface area contributed by atoms with Gasteiger partial charge in [-0.1, -0.05) is 30.3 Å². The number of aryl methyl sites for hydroxylation is 2. The lowest BCUT2D eigenvalue weighted by molar-refractivity contribution is -0.127. The summed E-state index contributed by atoms with van der Waals surface area (Å²) in [5.74, 6) is -1.75. The van der Waals surface area contributed by atoms with Crippen LogP contribution in [-0.4, -0.2) is 22.5 Å². The molecular formula is C28H24N4O2S. The molecular weight excluding hydrogens is 456 g/mol. The second-order valence-corrected chi connectivity index (χ2v) is 9.49. The number of pyridine rings is 1. The van der Waals surface area contributed by atoms with Gasteiger partial charge >= 0.3 is 0 Å². The summed E-state index contributed by atoms with van der Waals surface area (Å²) in [6, 6.07) is 21.2. The number of thiophene rings is 1. The third kappa shape index (κ3) is 4.38. The summed E-state index contributed by atoms with van der Waals surface area (Å²) in [5, 5.41) is 10.7. The second-order valence-electron chi connectivity index (χ2n) is 8.54. The topological polar surface area (TPSA) is 74.7 Å². The first-order valence-electron chi connectivity index (χ1n) is 11.3. The highest BCUT2D eigenvalue weighted by Crippen LogP contribution is 2.32. The van der Waals surface area contributed by atoms with Crippen LogP contribution in [0.5, 0.6) is 0 Å². The van der Waals surface area contributed by atoms with Crippen molar-refractivity contribution < 1.29 is 9.59 Å². The largest absolute Gasteiger partial charge is 0.325 e. The van der Waals surface area contributed by atoms with Crippen LogP contribution in [-0.2, 0) is 9.59 Å². The van der Waals surface area contributed by atoms with E-state index < -0.39 is 11.8 Å². The molecule has 3 heterocycles. The van der Waals surface area contributed by atoms with E-state index >= 15 is 0 Å². The molecule has 2 aromatic heterocycles. The molecule has 0 radical (unpaired) electrons. The fraction of sp³-hybridized carbons (Fsp3) is 0.143. The predicted octanol–water partition coefficient (Wildman–Crippen LogP) is 6.07. The zero-order valence-electron chi connectivity index (χ0n) is 19.6. The smallest absolute Gasteiger partial charge is 0.265 e. The highest BCUT2D eigenvalue weighted by atomic mass is 32.1. The number of hydrazone groups is 1. The molecule has 1 atom stereocenters. The van der Waals surface area contributed by atoms with Crippen LogP contribution in [0.3, 0.4) is 0 Å². The Hall–Kier alpha value is -4.10. The number of anilines is 2. The van der Waals surface area contributed by atoms with E-state index in [2.05, 4.69) is 15.4 Å². The summed E-state index contributed by atoms with van der Waals surface area (Å²) in [7, 11) is 0. The Kier molecular flexibility index (Phi) is 6.01. The third-order valence-electron chi connectivity index (χ3n) is 6.06. The lowest BCUT2D eigenvalue weighted by atomic mass is 10.00. The Morgan fingerprint density at radius 3 is 2.60 bits per heavy atom. The lowest BCUT2D eigenvalue weighted by Crippen LogP contribution is -2.36. The first-order chi connectivity index (χ1) is 16.9. The van der Waals surface area contributed by atoms with E-state index in [1.807, 2.05) is 86.0 Å². The van der Waals surface area contributed by atoms with Crippen LogP contribution < -0.4 is 10.3 Å². The minimum Gasteiger partial charge on any atom is -0.325 e. The van der Waals surface area contributed by atoms with Crippen molar-refractivity contribution in [2.45, 2.75) is 20.8 Å². The van der Waals surface area contributed by atoms with Crippen molar-refractivity contribution in [3.8, 4) is 21.7 Å². The molecule has 0 bridgehead atoms. The van der Waals surface area contributed by atoms with E-state index in [0.717, 1.165) is 32.8 Å². The lowest BCUT2D eigenvalue weighted by Gasteiger charge is -2.17. The molecule has 0 saturated heterocycles. The molecule has 1 aliphatic heterocycles. The van der Waals surface area contributed by atoms with Gasteiger partial charge < -0.3 is 5.32 Å². The number of nitrogens with one attached hydrogen (secondary N) is 1. The van der Waals surface area contributed by atoms with Gasteiger partial charge in [0.1, 0.15) is 0 Å². The number of hydrogen-bond acceptors (Lipinski definition) is 5. The average Bonchev–Trinajstić information content (AvgIpc) is 3.48. The van der Waals surface area contributed by atoms with Crippen molar-refractivity contribution in [1.29, 1.82) is 0 Å². The summed E-state index contributed by atoms with van der Waals surface area (Å²) in [5.41, 5.74) is 6.60. The average molecular weight is 481 g/mol. The Labute approximate surface area is 208 Å². The van der Waals surface area contributed by atoms with Gasteiger partial charge in [0.15, 0.2) is 5.92 Å². The molecule has 0 fully saturated rings. The van der Waals surface area contributed by atoms with Crippen LogP contribution in [0.1, 0.15) is 18.1 Å². The number of nitrogens with zero attached hydrogens (tertiary/aromatic N) is 3. The third-order valence-corrected chi connectivity index (χ3v) is 6.98. The number of rotatable bonds is 5. The Morgan fingerprint density at radius 1 is 0.971 bits per heavy atom. The first kappa shape index (κ1) is 22.7. The van der Waals surface area contributed by atoms with Crippen molar-refractivity contribution >= 4 is 40.2 Å². The molecule has 5 rings (SSSR count). The Morgan fingerprint density at radius 2 is 1.83 bits per heavy atom. The van der Waals surface area contributed by atoms with Crippen LogP contribution in [0.4, 0.5) is 11.4 Å². The molecule has 174 valence electrons. The van der Waals surface area contributed by atoms with Crippen molar-refractivity contribution in [3.63, 3.8) is 0 Å². The summed E-state index contributed by atoms with van der Waals surface area (Å²) in [4.78, 5) is 32.1. The van der Waals surface area contributed by atoms with Crippen molar-refractivity contribution in [2.75, 3.05) is 10.3 Å². The standard InChI is InChI=1S/C28H24N4O2S/c1-17-11-12-22(16-23(17)26-18(2)7-5-13-29-26)32-28(34)25(19(3)31-32)27(33)30-21-9-4-8-20(15-21)24-10-6-14-35-24/h4-16,25H,1-3H3,(H,30,33). The van der Waals surface area contributed by atoms with Gasteiger partial charge in [0.2, 0.25) is 5.91 Å². The van der Waals surface area contributed by atoms with Crippen molar-refractivity contribution in [1.82, 2.24) is 4.98 Å². The number of carbonyl (C=O) groups excluding carboxylic acids is 2. The van der Waals surface area contributed by atoms with Crippen LogP contribution in [0.2, 0.25) is 0 Å². The van der Waals surface area contributed by atoms with E-state index in [0.29, 0.717) is 17.1 Å². The normalized spacial score (nSPS) is 15.3. The molecule has 4 aromatic rings. The molecule has 7 heteroatoms. The summed E-state index contributed by atoms with van der Waals surface area (Å²) < 4.78 is 0. The predicted molar refractivity (Wildman–Crippen MR) is 142 cm³/mol. The van der Waals surface area contributed by atoms with E-state index in [1.54, 1.807) is 24.5 Å². The molecule has 35 heavy (non-hydrogen) atoms. The highest BCUT2D eigenvalue weighted by Gasteiger charge is 2.40. The van der Waals surface area contributed by atoms with Gasteiger partial charge in [-0.2, -0.15) is 10.1 Å². The minimum absolute atomic E-state index is 0.373. The fourth-order valence-electron chi connectivity index (χ4n) is 4.22. The quantitative estimate of drug-likeness (QED) is 0.352. The molecule has 1 unspecified atom stereocenters. The molecule has 2 aromatic carbocycles. The molecule has 6 nitrogen and oxygen atoms in total. The zero-order chi connectivity index (χ0) is 24.5. The van der Waals surface area contributed by atoms with Crippen LogP contribution >= 0.6 is 11.3 Å². The van der Waals surface area contributed by atoms with Crippen LogP contribution in [0.25, 0.3) is 21.7 Å². The Balaban J connectivity index is 1.39. The first-order valence-corrected chi connectivity index (χ1v) is 12.2. The van der Waals surface area contributed by atoms with Crippen LogP contribution in [0, 0.1) is 19.8 Å². The van der Waals surface area contributed by atoms with E-state index in [4.69, 9.17) is 0 Å². The summed E-state index contributed by atoms with van der Waals surface area (Å²) in [6.45, 7) is 5.72. The highest BCUT2D eigenvalue weighted by molar-refractivity contribution is 7.13. The molecule has 0 aliphatic carbocycles. The van der Waals surface area contributed by atoms with Gasteiger partial charge in [0.05, 0.1) is 17.1 Å². The maximum atomic E-state index is 13.3. The minimum atomic E-state index is -0.985. The maximum Gasteiger partial charge on any atom is 0.265 e. The summed E-state index contributed by atoms with van der Waals surface area (Å²) in [6.07, 6.45) is 1.76. The van der Waals surface area contributed by atoms with E-state index in [9.17, 15) is 9.59 Å². The van der Waals surface area contributed by atoms with Crippen molar-refractivity contribution in [2.24, 2.45) is 11.0 Å². The number of amides is 2. The van der Waals surface area contributed by atoms with Gasteiger partial charge in [-0.15, -0.1) is 11.3 Å². The number of benzene rings is 2. The zero-order valence-corrected chi connectivity index (χ0v) is 20.5. The Bertz CT molecular complexity index is 1460. The van der Waals surface area contributed by atoms with Gasteiger partial charge in [-0.05, 0) is 79.2 Å². The molecule has 1 N–H and O–H groups in total. The second kappa shape index (κ2) is 9.27. The maximum absolute atomic E-state index is 13.3. The van der Waals surface area contributed by atoms with Crippen LogP contribution in [0.15, 0.2) is 83.4 Å². The number of aromatic nitrogens is 1. The number of hydrogen-bond donors (Lipinski definition) is 1. The number of carbonyl (C=O) groups is 2. The molecule has 0 saturated carbocycles. The molecule has 2 amide bonds. The van der Waals surface area contributed by atoms with Crippen molar-refractivity contribution in [3.05, 3.63) is 89.4 Å². The van der Waals surface area contributed by atoms with Gasteiger partial charge in [-0.3, -0.25) is 14.6 Å². The fourth-order valence-corrected chi connectivity index (χ4v) is 4.95. The monoisotopic (exact) mass is 480 g/mol. The SMILES string of the molecule is CC1=NN(c2ccc(C)c(-c3ncccc3C)c2)C(=O)C1C(=O)Nc1cccc(-c2cccs2)c1. The van der Waals surface area contributed by atoms with Gasteiger partial charge in [0, 0.05) is 22.3 Å². The molecule has 1 aliphatic rings. The summed E-state index contributed by atoms with van der Waals surface area (Å²) >= 11 is 1.63. The van der Waals surface area contributed by atoms with Gasteiger partial charge in [-0.25, -0.2) is 0 Å². The van der Waals surface area contributed by atoms with E-state index in [1.165, 1.54) is 5.01 Å². The van der Waals surface area contributed by atoms with E-state index in [-0.39, 0.29) is 5.91 Å². The molecule has 0 spiro atoms.